The molecular weight excluding hydrogens is 336 g/mol. The Morgan fingerprint density at radius 1 is 1.42 bits per heavy atom. The van der Waals surface area contributed by atoms with E-state index in [1.165, 1.54) is 16.2 Å². The second kappa shape index (κ2) is 6.33. The number of ether oxygens (including phenoxy) is 1. The minimum Gasteiger partial charge on any atom is -0.373 e. The van der Waals surface area contributed by atoms with Crippen LogP contribution in [0.25, 0.3) is 0 Å². The monoisotopic (exact) mass is 358 g/mol. The molecule has 19 heavy (non-hydrogen) atoms. The highest BCUT2D eigenvalue weighted by Crippen LogP contribution is 2.41. The standard InChI is InChI=1S/C15H23BrOSSi/c1-15(2,19(3)4)10-17-13-7-8-18-14-6-5-11(16)9-12(13)14/h5-6,9,13,19H,7-8,10H2,1-4H3. The van der Waals surface area contributed by atoms with E-state index in [1.807, 2.05) is 11.8 Å². The highest BCUT2D eigenvalue weighted by molar-refractivity contribution is 9.10. The Morgan fingerprint density at radius 3 is 2.84 bits per heavy atom. The summed E-state index contributed by atoms with van der Waals surface area (Å²) in [4.78, 5) is 1.39. The molecule has 0 aromatic heterocycles. The zero-order chi connectivity index (χ0) is 14.0. The van der Waals surface area contributed by atoms with Crippen molar-refractivity contribution in [3.05, 3.63) is 28.2 Å². The van der Waals surface area contributed by atoms with Gasteiger partial charge in [0.15, 0.2) is 0 Å². The summed E-state index contributed by atoms with van der Waals surface area (Å²) in [6.07, 6.45) is 1.41. The van der Waals surface area contributed by atoms with Gasteiger partial charge in [0.1, 0.15) is 0 Å². The minimum atomic E-state index is -0.687. The van der Waals surface area contributed by atoms with E-state index < -0.39 is 8.80 Å². The first-order valence-electron chi connectivity index (χ1n) is 6.94. The summed E-state index contributed by atoms with van der Waals surface area (Å²) in [5, 5.41) is 0.372. The molecule has 1 unspecified atom stereocenters. The van der Waals surface area contributed by atoms with E-state index in [-0.39, 0.29) is 6.10 Å². The first kappa shape index (κ1) is 15.6. The molecule has 1 atom stereocenters. The molecule has 0 fully saturated rings. The Kier molecular flexibility index (Phi) is 5.20. The van der Waals surface area contributed by atoms with Crippen LogP contribution in [0.2, 0.25) is 18.1 Å². The number of halogens is 1. The molecule has 1 aromatic carbocycles. The van der Waals surface area contributed by atoms with Crippen LogP contribution < -0.4 is 0 Å². The van der Waals surface area contributed by atoms with Gasteiger partial charge in [-0.1, -0.05) is 42.9 Å². The minimum absolute atomic E-state index is 0.278. The van der Waals surface area contributed by atoms with Crippen molar-refractivity contribution in [1.29, 1.82) is 0 Å². The Balaban J connectivity index is 2.09. The summed E-state index contributed by atoms with van der Waals surface area (Å²) in [6.45, 7) is 10.4. The van der Waals surface area contributed by atoms with Gasteiger partial charge in [-0.3, -0.25) is 0 Å². The molecule has 1 aromatic rings. The zero-order valence-electron chi connectivity index (χ0n) is 12.2. The summed E-state index contributed by atoms with van der Waals surface area (Å²) in [5.41, 5.74) is 1.37. The lowest BCUT2D eigenvalue weighted by Crippen LogP contribution is -2.27. The maximum atomic E-state index is 6.29. The van der Waals surface area contributed by atoms with Gasteiger partial charge < -0.3 is 4.74 Å². The molecule has 0 N–H and O–H groups in total. The van der Waals surface area contributed by atoms with Crippen LogP contribution in [0.1, 0.15) is 31.9 Å². The predicted molar refractivity (Wildman–Crippen MR) is 91.1 cm³/mol. The third-order valence-electron chi connectivity index (χ3n) is 4.18. The topological polar surface area (TPSA) is 9.23 Å². The van der Waals surface area contributed by atoms with Crippen molar-refractivity contribution >= 4 is 36.5 Å². The van der Waals surface area contributed by atoms with Crippen molar-refractivity contribution in [2.75, 3.05) is 12.4 Å². The van der Waals surface area contributed by atoms with Gasteiger partial charge >= 0.3 is 0 Å². The average Bonchev–Trinajstić information content (AvgIpc) is 2.36. The number of hydrogen-bond acceptors (Lipinski definition) is 2. The third kappa shape index (κ3) is 3.87. The van der Waals surface area contributed by atoms with Crippen molar-refractivity contribution in [3.63, 3.8) is 0 Å². The molecule has 0 aliphatic carbocycles. The van der Waals surface area contributed by atoms with Crippen LogP contribution in [-0.4, -0.2) is 21.2 Å². The van der Waals surface area contributed by atoms with Crippen LogP contribution in [0.4, 0.5) is 0 Å². The molecule has 2 rings (SSSR count). The SMILES string of the molecule is C[SiH](C)C(C)(C)COC1CCSc2ccc(Br)cc21. The van der Waals surface area contributed by atoms with Crippen molar-refractivity contribution < 1.29 is 4.74 Å². The maximum Gasteiger partial charge on any atom is 0.0844 e. The number of thioether (sulfide) groups is 1. The van der Waals surface area contributed by atoms with Gasteiger partial charge in [0.2, 0.25) is 0 Å². The first-order chi connectivity index (χ1) is 8.90. The number of hydrogen-bond donors (Lipinski definition) is 0. The summed E-state index contributed by atoms with van der Waals surface area (Å²) < 4.78 is 7.44. The molecule has 0 spiro atoms. The van der Waals surface area contributed by atoms with Crippen LogP contribution in [0, 0.1) is 0 Å². The fraction of sp³-hybridized carbons (Fsp3) is 0.600. The summed E-state index contributed by atoms with van der Waals surface area (Å²) in [6, 6.07) is 6.56. The molecule has 0 amide bonds. The highest BCUT2D eigenvalue weighted by Gasteiger charge is 2.28. The van der Waals surface area contributed by atoms with E-state index in [0.717, 1.165) is 17.5 Å². The molecule has 1 heterocycles. The highest BCUT2D eigenvalue weighted by atomic mass is 79.9. The van der Waals surface area contributed by atoms with Crippen LogP contribution in [0.15, 0.2) is 27.6 Å². The molecule has 1 nitrogen and oxygen atoms in total. The predicted octanol–water partition coefficient (Wildman–Crippen LogP) is 5.27. The van der Waals surface area contributed by atoms with Gasteiger partial charge in [0.05, 0.1) is 6.10 Å². The van der Waals surface area contributed by atoms with E-state index in [4.69, 9.17) is 4.74 Å². The van der Waals surface area contributed by atoms with Crippen LogP contribution in [0.3, 0.4) is 0 Å². The maximum absolute atomic E-state index is 6.29. The lowest BCUT2D eigenvalue weighted by molar-refractivity contribution is 0.0335. The lowest BCUT2D eigenvalue weighted by atomic mass is 10.1. The summed E-state index contributed by atoms with van der Waals surface area (Å²) >= 11 is 5.52. The summed E-state index contributed by atoms with van der Waals surface area (Å²) in [5.74, 6) is 1.17. The molecule has 0 radical (unpaired) electrons. The molecule has 4 heteroatoms. The molecule has 1 aliphatic heterocycles. The van der Waals surface area contributed by atoms with Crippen molar-refractivity contribution in [2.45, 2.75) is 49.4 Å². The normalized spacial score (nSPS) is 19.6. The number of fused-ring (bicyclic) bond motifs is 1. The molecule has 0 saturated carbocycles. The van der Waals surface area contributed by atoms with E-state index in [2.05, 4.69) is 61.1 Å². The van der Waals surface area contributed by atoms with E-state index >= 15 is 0 Å². The van der Waals surface area contributed by atoms with Gasteiger partial charge in [-0.25, -0.2) is 0 Å². The van der Waals surface area contributed by atoms with Crippen LogP contribution in [0.5, 0.6) is 0 Å². The van der Waals surface area contributed by atoms with Gasteiger partial charge in [-0.2, -0.15) is 0 Å². The van der Waals surface area contributed by atoms with E-state index in [1.54, 1.807) is 0 Å². The zero-order valence-corrected chi connectivity index (χ0v) is 15.8. The van der Waals surface area contributed by atoms with Crippen molar-refractivity contribution in [1.82, 2.24) is 0 Å². The Bertz CT molecular complexity index is 448. The first-order valence-corrected chi connectivity index (χ1v) is 11.6. The molecule has 1 aliphatic rings. The van der Waals surface area contributed by atoms with Crippen LogP contribution in [-0.2, 0) is 4.74 Å². The van der Waals surface area contributed by atoms with Gasteiger partial charge in [0, 0.05) is 30.5 Å². The second-order valence-corrected chi connectivity index (χ2v) is 12.2. The molecular formula is C15H23BrOSSi. The van der Waals surface area contributed by atoms with Gasteiger partial charge in [-0.05, 0) is 35.2 Å². The quantitative estimate of drug-likeness (QED) is 0.678. The number of rotatable bonds is 4. The largest absolute Gasteiger partial charge is 0.373 e. The average molecular weight is 359 g/mol. The van der Waals surface area contributed by atoms with Crippen LogP contribution >= 0.6 is 27.7 Å². The second-order valence-electron chi connectivity index (χ2n) is 6.26. The third-order valence-corrected chi connectivity index (χ3v) is 9.08. The van der Waals surface area contributed by atoms with Gasteiger partial charge in [0.25, 0.3) is 0 Å². The lowest BCUT2D eigenvalue weighted by Gasteiger charge is -2.32. The Morgan fingerprint density at radius 2 is 2.16 bits per heavy atom. The van der Waals surface area contributed by atoms with Crippen molar-refractivity contribution in [3.8, 4) is 0 Å². The van der Waals surface area contributed by atoms with E-state index in [0.29, 0.717) is 5.04 Å². The van der Waals surface area contributed by atoms with E-state index in [9.17, 15) is 0 Å². The Labute approximate surface area is 131 Å². The fourth-order valence-electron chi connectivity index (χ4n) is 1.99. The molecule has 106 valence electrons. The smallest absolute Gasteiger partial charge is 0.0844 e. The summed E-state index contributed by atoms with van der Waals surface area (Å²) in [7, 11) is -0.687. The number of benzene rings is 1. The molecule has 0 bridgehead atoms. The molecule has 0 saturated heterocycles. The van der Waals surface area contributed by atoms with Crippen molar-refractivity contribution in [2.24, 2.45) is 0 Å². The van der Waals surface area contributed by atoms with Gasteiger partial charge in [-0.15, -0.1) is 11.8 Å². The Hall–Kier alpha value is 0.227. The fourth-order valence-corrected chi connectivity index (χ4v) is 3.87.